The van der Waals surface area contributed by atoms with Gasteiger partial charge in [-0.2, -0.15) is 0 Å². The van der Waals surface area contributed by atoms with E-state index in [9.17, 15) is 8.42 Å². The van der Waals surface area contributed by atoms with E-state index in [0.717, 1.165) is 12.4 Å². The molecule has 22 heavy (non-hydrogen) atoms. The molecule has 0 aromatic heterocycles. The fourth-order valence-corrected chi connectivity index (χ4v) is 3.75. The van der Waals surface area contributed by atoms with Gasteiger partial charge in [-0.25, -0.2) is 13.1 Å². The summed E-state index contributed by atoms with van der Waals surface area (Å²) < 4.78 is 32.4. The molecule has 1 aromatic rings. The van der Waals surface area contributed by atoms with Gasteiger partial charge in [0.25, 0.3) is 0 Å². The van der Waals surface area contributed by atoms with E-state index in [2.05, 4.69) is 4.72 Å². The predicted molar refractivity (Wildman–Crippen MR) is 87.4 cm³/mol. The molecular formula is C16H26N2O3S. The van der Waals surface area contributed by atoms with Crippen molar-refractivity contribution in [3.63, 3.8) is 0 Å². The third-order valence-electron chi connectivity index (χ3n) is 4.02. The fourth-order valence-electron chi connectivity index (χ4n) is 2.67. The van der Waals surface area contributed by atoms with Crippen LogP contribution in [0, 0.1) is 5.92 Å². The van der Waals surface area contributed by atoms with Crippen LogP contribution in [0.1, 0.15) is 38.5 Å². The highest BCUT2D eigenvalue weighted by atomic mass is 32.2. The number of hydrogen-bond donors (Lipinski definition) is 2. The van der Waals surface area contributed by atoms with E-state index in [1.54, 1.807) is 24.3 Å². The number of nitrogens with two attached hydrogens (primary N) is 1. The van der Waals surface area contributed by atoms with E-state index in [1.165, 1.54) is 32.1 Å². The zero-order valence-electron chi connectivity index (χ0n) is 13.0. The molecule has 1 saturated carbocycles. The van der Waals surface area contributed by atoms with E-state index in [0.29, 0.717) is 25.4 Å². The second kappa shape index (κ2) is 8.50. The van der Waals surface area contributed by atoms with Gasteiger partial charge in [-0.05, 0) is 56.0 Å². The van der Waals surface area contributed by atoms with Crippen molar-refractivity contribution in [3.05, 3.63) is 24.3 Å². The lowest BCUT2D eigenvalue weighted by atomic mass is 9.90. The number of benzene rings is 1. The zero-order valence-corrected chi connectivity index (χ0v) is 13.8. The van der Waals surface area contributed by atoms with Crippen LogP contribution in [0.25, 0.3) is 0 Å². The van der Waals surface area contributed by atoms with Crippen molar-refractivity contribution in [1.82, 2.24) is 4.72 Å². The van der Waals surface area contributed by atoms with Crippen LogP contribution in [0.15, 0.2) is 29.2 Å². The Morgan fingerprint density at radius 2 is 1.82 bits per heavy atom. The molecule has 0 spiro atoms. The fraction of sp³-hybridized carbons (Fsp3) is 0.625. The molecule has 6 heteroatoms. The minimum atomic E-state index is -3.45. The molecule has 2 rings (SSSR count). The largest absolute Gasteiger partial charge is 0.493 e. The molecule has 1 aromatic carbocycles. The minimum absolute atomic E-state index is 0.259. The van der Waals surface area contributed by atoms with Crippen molar-refractivity contribution in [2.24, 2.45) is 11.7 Å². The van der Waals surface area contributed by atoms with Crippen LogP contribution in [0.2, 0.25) is 0 Å². The van der Waals surface area contributed by atoms with Gasteiger partial charge in [-0.15, -0.1) is 0 Å². The number of nitrogens with one attached hydrogen (secondary N) is 1. The number of hydrogen-bond acceptors (Lipinski definition) is 4. The first-order valence-electron chi connectivity index (χ1n) is 8.04. The molecule has 0 aliphatic heterocycles. The molecular weight excluding hydrogens is 300 g/mol. The third-order valence-corrected chi connectivity index (χ3v) is 5.49. The van der Waals surface area contributed by atoms with Gasteiger partial charge >= 0.3 is 0 Å². The standard InChI is InChI=1S/C16H26N2O3S/c17-11-4-12-18-22(19,20)16-9-7-15(8-10-16)21-13-14-5-2-1-3-6-14/h7-10,14,18H,1-6,11-13,17H2. The van der Waals surface area contributed by atoms with Crippen molar-refractivity contribution in [2.45, 2.75) is 43.4 Å². The smallest absolute Gasteiger partial charge is 0.240 e. The Morgan fingerprint density at radius 1 is 1.14 bits per heavy atom. The Balaban J connectivity index is 1.86. The summed E-state index contributed by atoms with van der Waals surface area (Å²) in [6.45, 7) is 1.55. The molecule has 3 N–H and O–H groups in total. The average molecular weight is 326 g/mol. The molecule has 1 fully saturated rings. The Bertz CT molecular complexity index is 537. The summed E-state index contributed by atoms with van der Waals surface area (Å²) in [7, 11) is -3.45. The van der Waals surface area contributed by atoms with E-state index in [1.807, 2.05) is 0 Å². The van der Waals surface area contributed by atoms with Crippen LogP contribution in [-0.4, -0.2) is 28.1 Å². The minimum Gasteiger partial charge on any atom is -0.493 e. The summed E-state index contributed by atoms with van der Waals surface area (Å²) in [5.41, 5.74) is 5.36. The highest BCUT2D eigenvalue weighted by Gasteiger charge is 2.15. The monoisotopic (exact) mass is 326 g/mol. The second-order valence-corrected chi connectivity index (χ2v) is 7.59. The molecule has 0 bridgehead atoms. The summed E-state index contributed by atoms with van der Waals surface area (Å²) in [4.78, 5) is 0.259. The van der Waals surface area contributed by atoms with Crippen molar-refractivity contribution >= 4 is 10.0 Å². The summed E-state index contributed by atoms with van der Waals surface area (Å²) in [5, 5.41) is 0. The van der Waals surface area contributed by atoms with Gasteiger partial charge in [0.1, 0.15) is 5.75 Å². The molecule has 0 radical (unpaired) electrons. The second-order valence-electron chi connectivity index (χ2n) is 5.83. The quantitative estimate of drug-likeness (QED) is 0.718. The van der Waals surface area contributed by atoms with Crippen LogP contribution < -0.4 is 15.2 Å². The molecule has 5 nitrogen and oxygen atoms in total. The maximum absolute atomic E-state index is 12.0. The van der Waals surface area contributed by atoms with Crippen molar-refractivity contribution in [1.29, 1.82) is 0 Å². The molecule has 1 aliphatic rings. The van der Waals surface area contributed by atoms with Gasteiger partial charge in [0.15, 0.2) is 0 Å². The zero-order chi connectivity index (χ0) is 15.8. The highest BCUT2D eigenvalue weighted by Crippen LogP contribution is 2.25. The van der Waals surface area contributed by atoms with Crippen LogP contribution in [-0.2, 0) is 10.0 Å². The van der Waals surface area contributed by atoms with Gasteiger partial charge in [-0.1, -0.05) is 19.3 Å². The van der Waals surface area contributed by atoms with E-state index >= 15 is 0 Å². The SMILES string of the molecule is NCCCNS(=O)(=O)c1ccc(OCC2CCCCC2)cc1. The van der Waals surface area contributed by atoms with E-state index in [4.69, 9.17) is 10.5 Å². The Kier molecular flexibility index (Phi) is 6.67. The molecule has 0 atom stereocenters. The molecule has 0 amide bonds. The lowest BCUT2D eigenvalue weighted by molar-refractivity contribution is 0.209. The van der Waals surface area contributed by atoms with Crippen LogP contribution >= 0.6 is 0 Å². The molecule has 0 saturated heterocycles. The van der Waals surface area contributed by atoms with Gasteiger partial charge in [0.05, 0.1) is 11.5 Å². The highest BCUT2D eigenvalue weighted by molar-refractivity contribution is 7.89. The summed E-state index contributed by atoms with van der Waals surface area (Å²) in [6.07, 6.45) is 7.01. The van der Waals surface area contributed by atoms with Gasteiger partial charge < -0.3 is 10.5 Å². The Morgan fingerprint density at radius 3 is 2.45 bits per heavy atom. The maximum Gasteiger partial charge on any atom is 0.240 e. The summed E-state index contributed by atoms with van der Waals surface area (Å²) in [6, 6.07) is 6.61. The predicted octanol–water partition coefficient (Wildman–Crippen LogP) is 2.27. The van der Waals surface area contributed by atoms with Gasteiger partial charge in [0.2, 0.25) is 10.0 Å². The Hall–Kier alpha value is -1.11. The lowest BCUT2D eigenvalue weighted by Gasteiger charge is -2.21. The number of sulfonamides is 1. The van der Waals surface area contributed by atoms with Crippen molar-refractivity contribution in [2.75, 3.05) is 19.7 Å². The molecule has 124 valence electrons. The summed E-state index contributed by atoms with van der Waals surface area (Å²) >= 11 is 0. The molecule has 0 unspecified atom stereocenters. The van der Waals surface area contributed by atoms with Crippen LogP contribution in [0.4, 0.5) is 0 Å². The van der Waals surface area contributed by atoms with Crippen LogP contribution in [0.5, 0.6) is 5.75 Å². The van der Waals surface area contributed by atoms with Gasteiger partial charge in [0, 0.05) is 6.54 Å². The average Bonchev–Trinajstić information content (AvgIpc) is 2.54. The first-order chi connectivity index (χ1) is 10.6. The van der Waals surface area contributed by atoms with Crippen molar-refractivity contribution in [3.8, 4) is 5.75 Å². The first-order valence-corrected chi connectivity index (χ1v) is 9.53. The summed E-state index contributed by atoms with van der Waals surface area (Å²) in [5.74, 6) is 1.36. The Labute approximate surface area is 133 Å². The topological polar surface area (TPSA) is 81.4 Å². The third kappa shape index (κ3) is 5.26. The maximum atomic E-state index is 12.0. The first kappa shape index (κ1) is 17.2. The number of rotatable bonds is 8. The van der Waals surface area contributed by atoms with E-state index < -0.39 is 10.0 Å². The van der Waals surface area contributed by atoms with Crippen LogP contribution in [0.3, 0.4) is 0 Å². The number of ether oxygens (including phenoxy) is 1. The van der Waals surface area contributed by atoms with E-state index in [-0.39, 0.29) is 4.90 Å². The van der Waals surface area contributed by atoms with Crippen molar-refractivity contribution < 1.29 is 13.2 Å². The molecule has 1 aliphatic carbocycles. The molecule has 0 heterocycles. The normalized spacial score (nSPS) is 16.6. The van der Waals surface area contributed by atoms with Gasteiger partial charge in [-0.3, -0.25) is 0 Å². The lowest BCUT2D eigenvalue weighted by Crippen LogP contribution is -2.26.